The van der Waals surface area contributed by atoms with Gasteiger partial charge in [0.05, 0.1) is 9.59 Å². The number of imide groups is 1. The van der Waals surface area contributed by atoms with Crippen molar-refractivity contribution in [2.24, 2.45) is 0 Å². The lowest BCUT2D eigenvalue weighted by atomic mass is 9.81. The molecule has 1 N–H and O–H groups in total. The number of amides is 2. The number of rotatable bonds is 4. The molecule has 0 radical (unpaired) electrons. The maximum Gasteiger partial charge on any atom is 0.254 e. The van der Waals surface area contributed by atoms with E-state index in [1.54, 1.807) is 0 Å². The van der Waals surface area contributed by atoms with Crippen molar-refractivity contribution in [3.05, 3.63) is 12.2 Å². The first-order chi connectivity index (χ1) is 7.59. The molecule has 0 aromatic carbocycles. The van der Waals surface area contributed by atoms with Gasteiger partial charge in [0.1, 0.15) is 0 Å². The molecule has 1 aliphatic rings. The third-order valence-corrected chi connectivity index (χ3v) is 3.77. The van der Waals surface area contributed by atoms with Gasteiger partial charge in [-0.2, -0.15) is 0 Å². The minimum Gasteiger partial charge on any atom is -0.298 e. The number of nitrogens with zero attached hydrogens (tertiary/aromatic N) is 1. The van der Waals surface area contributed by atoms with E-state index in [0.717, 1.165) is 0 Å². The van der Waals surface area contributed by atoms with E-state index in [1.807, 2.05) is 34.6 Å². The SMILES string of the molecule is CC(I)NC(C)(C)C(C)(C)N1C(=O)C=CC1=O. The molecule has 0 aromatic rings. The van der Waals surface area contributed by atoms with Crippen LogP contribution in [0.2, 0.25) is 0 Å². The smallest absolute Gasteiger partial charge is 0.254 e. The molecule has 96 valence electrons. The Kier molecular flexibility index (Phi) is 4.03. The quantitative estimate of drug-likeness (QED) is 0.364. The molecule has 4 nitrogen and oxygen atoms in total. The van der Waals surface area contributed by atoms with Crippen molar-refractivity contribution < 1.29 is 9.59 Å². The largest absolute Gasteiger partial charge is 0.298 e. The van der Waals surface area contributed by atoms with E-state index in [1.165, 1.54) is 17.1 Å². The summed E-state index contributed by atoms with van der Waals surface area (Å²) in [4.78, 5) is 24.8. The number of alkyl halides is 1. The number of hydrogen-bond acceptors (Lipinski definition) is 3. The van der Waals surface area contributed by atoms with E-state index in [4.69, 9.17) is 0 Å². The normalized spacial score (nSPS) is 19.1. The summed E-state index contributed by atoms with van der Waals surface area (Å²) in [6.07, 6.45) is 2.65. The molecule has 1 atom stereocenters. The van der Waals surface area contributed by atoms with Crippen molar-refractivity contribution in [3.8, 4) is 0 Å². The summed E-state index contributed by atoms with van der Waals surface area (Å²) >= 11 is 2.27. The molecule has 0 aliphatic carbocycles. The van der Waals surface area contributed by atoms with E-state index in [0.29, 0.717) is 0 Å². The van der Waals surface area contributed by atoms with Crippen molar-refractivity contribution >= 4 is 34.4 Å². The van der Waals surface area contributed by atoms with E-state index in [-0.39, 0.29) is 21.4 Å². The first kappa shape index (κ1) is 14.6. The van der Waals surface area contributed by atoms with Crippen LogP contribution in [0.4, 0.5) is 0 Å². The molecule has 0 fully saturated rings. The molecule has 0 spiro atoms. The molecule has 1 aliphatic heterocycles. The summed E-state index contributed by atoms with van der Waals surface area (Å²) < 4.78 is 0.252. The molecule has 1 unspecified atom stereocenters. The maximum atomic E-state index is 11.8. The Morgan fingerprint density at radius 2 is 1.59 bits per heavy atom. The van der Waals surface area contributed by atoms with Crippen LogP contribution in [0.1, 0.15) is 34.6 Å². The second-order valence-electron chi connectivity index (χ2n) is 5.29. The number of hydrogen-bond donors (Lipinski definition) is 1. The predicted octanol–water partition coefficient (Wildman–Crippen LogP) is 1.84. The van der Waals surface area contributed by atoms with Gasteiger partial charge >= 0.3 is 0 Å². The van der Waals surface area contributed by atoms with Gasteiger partial charge < -0.3 is 0 Å². The fraction of sp³-hybridized carbons (Fsp3) is 0.667. The topological polar surface area (TPSA) is 49.4 Å². The van der Waals surface area contributed by atoms with Gasteiger partial charge in [0.25, 0.3) is 11.8 Å². The van der Waals surface area contributed by atoms with Crippen LogP contribution in [-0.2, 0) is 9.59 Å². The predicted molar refractivity (Wildman–Crippen MR) is 75.8 cm³/mol. The standard InChI is InChI=1S/C12H19IN2O2/c1-8(13)14-11(2,3)12(4,5)15-9(16)6-7-10(15)17/h6-8,14H,1-5H3. The Bertz CT molecular complexity index is 355. The molecular formula is C12H19IN2O2. The van der Waals surface area contributed by atoms with Gasteiger partial charge in [0.2, 0.25) is 0 Å². The third-order valence-electron chi connectivity index (χ3n) is 3.46. The number of halogens is 1. The molecule has 0 aromatic heterocycles. The van der Waals surface area contributed by atoms with Crippen molar-refractivity contribution in [2.45, 2.75) is 49.7 Å². The monoisotopic (exact) mass is 350 g/mol. The highest BCUT2D eigenvalue weighted by Gasteiger charge is 2.47. The fourth-order valence-electron chi connectivity index (χ4n) is 1.90. The van der Waals surface area contributed by atoms with Crippen molar-refractivity contribution in [3.63, 3.8) is 0 Å². The zero-order chi connectivity index (χ0) is 13.4. The van der Waals surface area contributed by atoms with Crippen LogP contribution in [0.15, 0.2) is 12.2 Å². The van der Waals surface area contributed by atoms with Crippen molar-refractivity contribution in [2.75, 3.05) is 0 Å². The Labute approximate surface area is 116 Å². The highest BCUT2D eigenvalue weighted by atomic mass is 127. The number of carbonyl (C=O) groups is 2. The van der Waals surface area contributed by atoms with Crippen molar-refractivity contribution in [1.82, 2.24) is 10.2 Å². The average molecular weight is 350 g/mol. The maximum absolute atomic E-state index is 11.8. The van der Waals surface area contributed by atoms with Gasteiger partial charge in [-0.1, -0.05) is 22.6 Å². The number of nitrogens with one attached hydrogen (secondary N) is 1. The summed E-state index contributed by atoms with van der Waals surface area (Å²) in [5.41, 5.74) is -0.963. The molecule has 2 amide bonds. The van der Waals surface area contributed by atoms with E-state index >= 15 is 0 Å². The summed E-state index contributed by atoms with van der Waals surface area (Å²) in [7, 11) is 0. The fourth-order valence-corrected chi connectivity index (χ4v) is 2.68. The minimum absolute atomic E-state index is 0.240. The second kappa shape index (κ2) is 4.68. The van der Waals surface area contributed by atoms with E-state index < -0.39 is 5.54 Å². The van der Waals surface area contributed by atoms with Gasteiger partial charge in [-0.3, -0.25) is 19.8 Å². The molecule has 5 heteroatoms. The summed E-state index contributed by atoms with van der Waals surface area (Å²) in [6.45, 7) is 9.84. The molecule has 1 rings (SSSR count). The molecule has 17 heavy (non-hydrogen) atoms. The van der Waals surface area contributed by atoms with Crippen LogP contribution in [0.3, 0.4) is 0 Å². The van der Waals surface area contributed by atoms with Crippen LogP contribution in [0.5, 0.6) is 0 Å². The first-order valence-electron chi connectivity index (χ1n) is 5.57. The number of carbonyl (C=O) groups excluding carboxylic acids is 2. The van der Waals surface area contributed by atoms with Crippen LogP contribution in [0, 0.1) is 0 Å². The van der Waals surface area contributed by atoms with E-state index in [2.05, 4.69) is 27.9 Å². The average Bonchev–Trinajstić information content (AvgIpc) is 2.43. The summed E-state index contributed by atoms with van der Waals surface area (Å²) in [5.74, 6) is -0.480. The first-order valence-corrected chi connectivity index (χ1v) is 6.82. The van der Waals surface area contributed by atoms with Gasteiger partial charge in [0.15, 0.2) is 0 Å². The summed E-state index contributed by atoms with van der Waals surface area (Å²) in [5, 5.41) is 3.39. The van der Waals surface area contributed by atoms with Gasteiger partial charge in [-0.25, -0.2) is 0 Å². The third kappa shape index (κ3) is 2.70. The highest BCUT2D eigenvalue weighted by molar-refractivity contribution is 14.1. The summed E-state index contributed by atoms with van der Waals surface area (Å²) in [6, 6.07) is 0. The van der Waals surface area contributed by atoms with E-state index in [9.17, 15) is 9.59 Å². The Hall–Kier alpha value is -0.430. The Morgan fingerprint density at radius 3 is 1.94 bits per heavy atom. The van der Waals surface area contributed by atoms with Gasteiger partial charge in [-0.05, 0) is 34.6 Å². The molecule has 0 saturated heterocycles. The lowest BCUT2D eigenvalue weighted by Crippen LogP contribution is -2.66. The molecule has 0 saturated carbocycles. The molecule has 0 bridgehead atoms. The van der Waals surface area contributed by atoms with Crippen LogP contribution in [-0.4, -0.2) is 31.8 Å². The zero-order valence-corrected chi connectivity index (χ0v) is 13.0. The lowest BCUT2D eigenvalue weighted by molar-refractivity contribution is -0.145. The van der Waals surface area contributed by atoms with Crippen molar-refractivity contribution in [1.29, 1.82) is 0 Å². The van der Waals surface area contributed by atoms with Gasteiger partial charge in [0, 0.05) is 17.7 Å². The lowest BCUT2D eigenvalue weighted by Gasteiger charge is -2.47. The highest BCUT2D eigenvalue weighted by Crippen LogP contribution is 2.31. The molecule has 1 heterocycles. The molecular weight excluding hydrogens is 331 g/mol. The Morgan fingerprint density at radius 1 is 1.18 bits per heavy atom. The minimum atomic E-state index is -0.593. The van der Waals surface area contributed by atoms with Crippen LogP contribution in [0.25, 0.3) is 0 Å². The van der Waals surface area contributed by atoms with Gasteiger partial charge in [-0.15, -0.1) is 0 Å². The second-order valence-corrected chi connectivity index (χ2v) is 7.16. The zero-order valence-electron chi connectivity index (χ0n) is 10.9. The van der Waals surface area contributed by atoms with Crippen LogP contribution < -0.4 is 5.32 Å². The van der Waals surface area contributed by atoms with Crippen LogP contribution >= 0.6 is 22.6 Å². The Balaban J connectivity index is 3.02.